The molecule has 0 unspecified atom stereocenters. The number of nitrogens with zero attached hydrogens (tertiary/aromatic N) is 2. The summed E-state index contributed by atoms with van der Waals surface area (Å²) in [4.78, 5) is 20.1. The second kappa shape index (κ2) is 6.75. The Morgan fingerprint density at radius 3 is 2.65 bits per heavy atom. The number of rotatable bonds is 4. The van der Waals surface area contributed by atoms with Crippen LogP contribution in [0.4, 0.5) is 10.2 Å². The van der Waals surface area contributed by atoms with E-state index in [1.54, 1.807) is 19.1 Å². The molecule has 0 saturated heterocycles. The summed E-state index contributed by atoms with van der Waals surface area (Å²) in [6, 6.07) is 2.87. The first-order valence-electron chi connectivity index (χ1n) is 6.74. The standard InChI is InChI=1S/C16H15ClFN3O2/c1-4-5-10-13(8(2)22)20-16(21-15(10)19)9-6-7-11(17)14(23-3)12(9)18/h4-7H,1-3H3,(H2,19,20,21)/b5-4-. The molecule has 2 aromatic rings. The van der Waals surface area contributed by atoms with Gasteiger partial charge in [-0.05, 0) is 19.1 Å². The number of anilines is 1. The minimum absolute atomic E-state index is 0.00609. The van der Waals surface area contributed by atoms with Crippen LogP contribution in [-0.4, -0.2) is 22.9 Å². The molecular weight excluding hydrogens is 321 g/mol. The zero-order valence-electron chi connectivity index (χ0n) is 12.9. The molecule has 0 amide bonds. The number of allylic oxidation sites excluding steroid dienone is 1. The lowest BCUT2D eigenvalue weighted by atomic mass is 10.1. The third-order valence-electron chi connectivity index (χ3n) is 3.14. The van der Waals surface area contributed by atoms with E-state index in [2.05, 4.69) is 9.97 Å². The predicted molar refractivity (Wildman–Crippen MR) is 88.1 cm³/mol. The van der Waals surface area contributed by atoms with E-state index in [1.807, 2.05) is 0 Å². The van der Waals surface area contributed by atoms with Gasteiger partial charge in [-0.2, -0.15) is 0 Å². The van der Waals surface area contributed by atoms with Crippen molar-refractivity contribution >= 4 is 29.3 Å². The molecule has 0 atom stereocenters. The van der Waals surface area contributed by atoms with E-state index in [0.29, 0.717) is 5.56 Å². The van der Waals surface area contributed by atoms with Crippen LogP contribution in [0.5, 0.6) is 5.75 Å². The van der Waals surface area contributed by atoms with Crippen molar-refractivity contribution in [3.05, 3.63) is 40.3 Å². The number of nitrogens with two attached hydrogens (primary N) is 1. The molecule has 1 aromatic heterocycles. The summed E-state index contributed by atoms with van der Waals surface area (Å²) in [5.74, 6) is -1.05. The molecule has 0 fully saturated rings. The first-order chi connectivity index (χ1) is 10.9. The van der Waals surface area contributed by atoms with E-state index in [0.717, 1.165) is 0 Å². The highest BCUT2D eigenvalue weighted by Gasteiger charge is 2.20. The van der Waals surface area contributed by atoms with Gasteiger partial charge in [0.05, 0.1) is 17.7 Å². The maximum absolute atomic E-state index is 14.5. The Morgan fingerprint density at radius 2 is 2.09 bits per heavy atom. The lowest BCUT2D eigenvalue weighted by Gasteiger charge is -2.11. The first kappa shape index (κ1) is 16.9. The Bertz CT molecular complexity index is 806. The van der Waals surface area contributed by atoms with Gasteiger partial charge >= 0.3 is 0 Å². The van der Waals surface area contributed by atoms with Crippen LogP contribution in [0.2, 0.25) is 5.02 Å². The largest absolute Gasteiger partial charge is 0.492 e. The number of aromatic nitrogens is 2. The van der Waals surface area contributed by atoms with Gasteiger partial charge in [0.2, 0.25) is 0 Å². The van der Waals surface area contributed by atoms with Crippen molar-refractivity contribution in [1.29, 1.82) is 0 Å². The van der Waals surface area contributed by atoms with Crippen molar-refractivity contribution in [2.75, 3.05) is 12.8 Å². The van der Waals surface area contributed by atoms with Gasteiger partial charge in [-0.15, -0.1) is 0 Å². The number of Topliss-reactive ketones (excluding diaryl/α,β-unsaturated/α-hetero) is 1. The van der Waals surface area contributed by atoms with Crippen molar-refractivity contribution in [2.24, 2.45) is 0 Å². The third kappa shape index (κ3) is 3.17. The second-order valence-electron chi connectivity index (χ2n) is 4.69. The van der Waals surface area contributed by atoms with E-state index in [4.69, 9.17) is 22.1 Å². The van der Waals surface area contributed by atoms with Crippen LogP contribution in [0, 0.1) is 5.82 Å². The van der Waals surface area contributed by atoms with Crippen molar-refractivity contribution in [3.8, 4) is 17.1 Å². The lowest BCUT2D eigenvalue weighted by molar-refractivity contribution is 0.101. The maximum atomic E-state index is 14.5. The molecule has 0 radical (unpaired) electrons. The van der Waals surface area contributed by atoms with Crippen molar-refractivity contribution in [2.45, 2.75) is 13.8 Å². The Balaban J connectivity index is 2.73. The van der Waals surface area contributed by atoms with E-state index >= 15 is 0 Å². The summed E-state index contributed by atoms with van der Waals surface area (Å²) in [6.07, 6.45) is 3.35. The van der Waals surface area contributed by atoms with Gasteiger partial charge in [-0.25, -0.2) is 14.4 Å². The van der Waals surface area contributed by atoms with Crippen molar-refractivity contribution in [3.63, 3.8) is 0 Å². The Labute approximate surface area is 138 Å². The summed E-state index contributed by atoms with van der Waals surface area (Å²) >= 11 is 5.87. The van der Waals surface area contributed by atoms with Crippen molar-refractivity contribution < 1.29 is 13.9 Å². The molecule has 1 aromatic carbocycles. The third-order valence-corrected chi connectivity index (χ3v) is 3.43. The first-order valence-corrected chi connectivity index (χ1v) is 7.12. The average molecular weight is 336 g/mol. The molecule has 5 nitrogen and oxygen atoms in total. The zero-order chi connectivity index (χ0) is 17.1. The van der Waals surface area contributed by atoms with Crippen LogP contribution in [-0.2, 0) is 0 Å². The number of halogens is 2. The number of hydrogen-bond acceptors (Lipinski definition) is 5. The number of carbonyl (C=O) groups excluding carboxylic acids is 1. The van der Waals surface area contributed by atoms with E-state index in [9.17, 15) is 9.18 Å². The maximum Gasteiger partial charge on any atom is 0.178 e. The molecule has 120 valence electrons. The minimum atomic E-state index is -0.715. The van der Waals surface area contributed by atoms with Crippen LogP contribution in [0.25, 0.3) is 17.5 Å². The number of hydrogen-bond donors (Lipinski definition) is 1. The van der Waals surface area contributed by atoms with Crippen LogP contribution in [0.3, 0.4) is 0 Å². The topological polar surface area (TPSA) is 78.1 Å². The highest BCUT2D eigenvalue weighted by Crippen LogP contribution is 2.34. The van der Waals surface area contributed by atoms with E-state index < -0.39 is 5.82 Å². The van der Waals surface area contributed by atoms with Gasteiger partial charge in [0.15, 0.2) is 23.2 Å². The molecule has 0 saturated carbocycles. The smallest absolute Gasteiger partial charge is 0.178 e. The quantitative estimate of drug-likeness (QED) is 0.861. The summed E-state index contributed by atoms with van der Waals surface area (Å²) in [6.45, 7) is 3.14. The average Bonchev–Trinajstić information content (AvgIpc) is 2.49. The number of ether oxygens (including phenoxy) is 1. The minimum Gasteiger partial charge on any atom is -0.492 e. The Morgan fingerprint density at radius 1 is 1.39 bits per heavy atom. The van der Waals surface area contributed by atoms with Crippen LogP contribution < -0.4 is 10.5 Å². The Hall–Kier alpha value is -2.47. The number of methoxy groups -OCH3 is 1. The van der Waals surface area contributed by atoms with Gasteiger partial charge in [-0.1, -0.05) is 23.8 Å². The van der Waals surface area contributed by atoms with Gasteiger partial charge in [0, 0.05) is 12.5 Å². The fourth-order valence-corrected chi connectivity index (χ4v) is 2.32. The molecule has 2 rings (SSSR count). The van der Waals surface area contributed by atoms with Gasteiger partial charge in [0.25, 0.3) is 0 Å². The van der Waals surface area contributed by atoms with Crippen LogP contribution >= 0.6 is 11.6 Å². The van der Waals surface area contributed by atoms with Gasteiger partial charge in [0.1, 0.15) is 11.5 Å². The molecule has 0 aliphatic heterocycles. The zero-order valence-corrected chi connectivity index (χ0v) is 13.6. The molecule has 0 spiro atoms. The van der Waals surface area contributed by atoms with Crippen LogP contribution in [0.15, 0.2) is 18.2 Å². The fourth-order valence-electron chi connectivity index (χ4n) is 2.10. The summed E-state index contributed by atoms with van der Waals surface area (Å²) in [5.41, 5.74) is 6.48. The van der Waals surface area contributed by atoms with E-state index in [1.165, 1.54) is 26.2 Å². The highest BCUT2D eigenvalue weighted by molar-refractivity contribution is 6.32. The molecule has 2 N–H and O–H groups in total. The number of nitrogen functional groups attached to an aromatic ring is 1. The highest BCUT2D eigenvalue weighted by atomic mass is 35.5. The van der Waals surface area contributed by atoms with Crippen LogP contribution in [0.1, 0.15) is 29.9 Å². The summed E-state index contributed by atoms with van der Waals surface area (Å²) in [7, 11) is 1.30. The van der Waals surface area contributed by atoms with Crippen molar-refractivity contribution in [1.82, 2.24) is 9.97 Å². The predicted octanol–water partition coefficient (Wildman–Crippen LogP) is 3.76. The number of carbonyl (C=O) groups is 1. The molecule has 7 heteroatoms. The number of ketones is 1. The fraction of sp³-hybridized carbons (Fsp3) is 0.188. The second-order valence-corrected chi connectivity index (χ2v) is 5.10. The molecule has 0 bridgehead atoms. The van der Waals surface area contributed by atoms with E-state index in [-0.39, 0.29) is 39.5 Å². The summed E-state index contributed by atoms with van der Waals surface area (Å²) < 4.78 is 19.4. The van der Waals surface area contributed by atoms with Gasteiger partial charge < -0.3 is 10.5 Å². The normalized spacial score (nSPS) is 11.0. The molecule has 23 heavy (non-hydrogen) atoms. The number of benzene rings is 1. The Kier molecular flexibility index (Phi) is 4.95. The SMILES string of the molecule is C/C=C\c1c(N)nc(-c2ccc(Cl)c(OC)c2F)nc1C(C)=O. The molecule has 0 aliphatic rings. The molecule has 1 heterocycles. The monoisotopic (exact) mass is 335 g/mol. The molecule has 0 aliphatic carbocycles. The van der Waals surface area contributed by atoms with Gasteiger partial charge in [-0.3, -0.25) is 4.79 Å². The lowest BCUT2D eigenvalue weighted by Crippen LogP contribution is -2.09. The summed E-state index contributed by atoms with van der Waals surface area (Å²) in [5, 5.41) is 0.124. The molecular formula is C16H15ClFN3O2.